The minimum Gasteiger partial charge on any atom is -0.507 e. The normalized spacial score (nSPS) is 18.9. The van der Waals surface area contributed by atoms with Gasteiger partial charge in [0.05, 0.1) is 18.2 Å². The largest absolute Gasteiger partial charge is 0.507 e. The molecule has 1 aliphatic rings. The van der Waals surface area contributed by atoms with Gasteiger partial charge in [-0.15, -0.1) is 0 Å². The molecular weight excluding hydrogens is 389 g/mol. The molecule has 1 fully saturated rings. The van der Waals surface area contributed by atoms with Gasteiger partial charge in [0.25, 0.3) is 11.7 Å². The molecule has 1 N–H and O–H groups in total. The molecule has 1 heterocycles. The number of benzene rings is 2. The number of likely N-dealkylation sites (tertiary alicyclic amines) is 1. The summed E-state index contributed by atoms with van der Waals surface area (Å²) in [6, 6.07) is 12.6. The zero-order chi connectivity index (χ0) is 19.6. The van der Waals surface area contributed by atoms with Gasteiger partial charge < -0.3 is 14.7 Å². The van der Waals surface area contributed by atoms with Crippen molar-refractivity contribution in [1.82, 2.24) is 4.90 Å². The summed E-state index contributed by atoms with van der Waals surface area (Å²) in [4.78, 5) is 26.7. The molecule has 0 radical (unpaired) electrons. The first-order valence-corrected chi connectivity index (χ1v) is 8.99. The fraction of sp³-hybridized carbons (Fsp3) is 0.200. The number of amides is 1. The number of aliphatic hydroxyl groups is 1. The highest BCUT2D eigenvalue weighted by molar-refractivity contribution is 6.47. The third-order valence-electron chi connectivity index (χ3n) is 4.38. The molecule has 0 bridgehead atoms. The molecule has 3 rings (SSSR count). The summed E-state index contributed by atoms with van der Waals surface area (Å²) >= 11 is 12.3. The monoisotopic (exact) mass is 405 g/mol. The highest BCUT2D eigenvalue weighted by atomic mass is 35.5. The van der Waals surface area contributed by atoms with E-state index in [0.717, 1.165) is 0 Å². The Hall–Kier alpha value is -2.34. The molecule has 1 aliphatic heterocycles. The molecule has 0 aromatic heterocycles. The van der Waals surface area contributed by atoms with Crippen molar-refractivity contribution >= 4 is 40.7 Å². The molecular formula is C20H17Cl2NO4. The Morgan fingerprint density at radius 1 is 1.15 bits per heavy atom. The summed E-state index contributed by atoms with van der Waals surface area (Å²) in [7, 11) is 1.50. The Labute approximate surface area is 166 Å². The number of nitrogens with zero attached hydrogens (tertiary/aromatic N) is 1. The van der Waals surface area contributed by atoms with Crippen molar-refractivity contribution in [3.05, 3.63) is 75.3 Å². The smallest absolute Gasteiger partial charge is 0.295 e. The number of halogens is 2. The first-order chi connectivity index (χ1) is 13.0. The Morgan fingerprint density at radius 3 is 2.48 bits per heavy atom. The predicted molar refractivity (Wildman–Crippen MR) is 104 cm³/mol. The summed E-state index contributed by atoms with van der Waals surface area (Å²) in [5.41, 5.74) is 0.942. The number of aliphatic hydroxyl groups excluding tert-OH is 1. The summed E-state index contributed by atoms with van der Waals surface area (Å²) in [6.45, 7) is 0.413. The summed E-state index contributed by atoms with van der Waals surface area (Å²) < 4.78 is 5.06. The van der Waals surface area contributed by atoms with Crippen molar-refractivity contribution in [1.29, 1.82) is 0 Å². The first-order valence-electron chi connectivity index (χ1n) is 8.23. The number of Topliss-reactive ketones (excluding diaryl/α,β-unsaturated/α-hetero) is 1. The van der Waals surface area contributed by atoms with Crippen LogP contribution in [0.25, 0.3) is 5.76 Å². The maximum atomic E-state index is 12.7. The van der Waals surface area contributed by atoms with Crippen LogP contribution in [0.4, 0.5) is 0 Å². The third kappa shape index (κ3) is 3.72. The van der Waals surface area contributed by atoms with Crippen LogP contribution in [0, 0.1) is 0 Å². The lowest BCUT2D eigenvalue weighted by molar-refractivity contribution is -0.140. The number of ether oxygens (including phenoxy) is 1. The van der Waals surface area contributed by atoms with Crippen LogP contribution < -0.4 is 0 Å². The van der Waals surface area contributed by atoms with Gasteiger partial charge in [0.1, 0.15) is 5.76 Å². The van der Waals surface area contributed by atoms with Crippen molar-refractivity contribution < 1.29 is 19.4 Å². The van der Waals surface area contributed by atoms with E-state index in [9.17, 15) is 14.7 Å². The second kappa shape index (κ2) is 8.13. The molecule has 1 unspecified atom stereocenters. The van der Waals surface area contributed by atoms with Gasteiger partial charge in [0, 0.05) is 29.3 Å². The van der Waals surface area contributed by atoms with Crippen molar-refractivity contribution in [2.75, 3.05) is 20.3 Å². The molecule has 0 spiro atoms. The van der Waals surface area contributed by atoms with Crippen molar-refractivity contribution in [3.8, 4) is 0 Å². The Bertz CT molecular complexity index is 911. The Kier molecular flexibility index (Phi) is 5.85. The fourth-order valence-electron chi connectivity index (χ4n) is 3.10. The maximum Gasteiger partial charge on any atom is 0.295 e. The molecule has 1 saturated heterocycles. The minimum atomic E-state index is -0.829. The number of rotatable bonds is 5. The average molecular weight is 406 g/mol. The molecule has 0 saturated carbocycles. The van der Waals surface area contributed by atoms with E-state index in [0.29, 0.717) is 21.2 Å². The molecule has 1 atom stereocenters. The quantitative estimate of drug-likeness (QED) is 0.462. The maximum absolute atomic E-state index is 12.7. The zero-order valence-corrected chi connectivity index (χ0v) is 16.0. The van der Waals surface area contributed by atoms with E-state index >= 15 is 0 Å². The average Bonchev–Trinajstić information content (AvgIpc) is 2.91. The van der Waals surface area contributed by atoms with E-state index in [1.807, 2.05) is 0 Å². The van der Waals surface area contributed by atoms with Gasteiger partial charge in [-0.2, -0.15) is 0 Å². The van der Waals surface area contributed by atoms with Crippen molar-refractivity contribution in [2.45, 2.75) is 6.04 Å². The van der Waals surface area contributed by atoms with Crippen LogP contribution in [0.2, 0.25) is 10.0 Å². The van der Waals surface area contributed by atoms with Gasteiger partial charge in [-0.1, -0.05) is 59.6 Å². The number of ketones is 1. The number of methoxy groups -OCH3 is 1. The van der Waals surface area contributed by atoms with Crippen molar-refractivity contribution in [2.24, 2.45) is 0 Å². The van der Waals surface area contributed by atoms with Gasteiger partial charge in [0.2, 0.25) is 0 Å². The molecule has 2 aromatic rings. The van der Waals surface area contributed by atoms with Gasteiger partial charge in [-0.3, -0.25) is 9.59 Å². The second-order valence-electron chi connectivity index (χ2n) is 6.02. The lowest BCUT2D eigenvalue weighted by atomic mass is 9.95. The predicted octanol–water partition coefficient (Wildman–Crippen LogP) is 4.06. The lowest BCUT2D eigenvalue weighted by Gasteiger charge is -2.25. The number of carbonyl (C=O) groups is 2. The number of carbonyl (C=O) groups excluding carboxylic acids is 2. The number of hydrogen-bond acceptors (Lipinski definition) is 4. The van der Waals surface area contributed by atoms with E-state index in [2.05, 4.69) is 0 Å². The van der Waals surface area contributed by atoms with E-state index in [1.54, 1.807) is 42.5 Å². The topological polar surface area (TPSA) is 66.8 Å². The van der Waals surface area contributed by atoms with E-state index in [-0.39, 0.29) is 24.5 Å². The van der Waals surface area contributed by atoms with Gasteiger partial charge in [-0.25, -0.2) is 0 Å². The molecule has 27 heavy (non-hydrogen) atoms. The summed E-state index contributed by atoms with van der Waals surface area (Å²) in [5.74, 6) is -1.71. The van der Waals surface area contributed by atoms with Gasteiger partial charge in [-0.05, 0) is 17.7 Å². The van der Waals surface area contributed by atoms with Crippen LogP contribution in [-0.4, -0.2) is 42.0 Å². The highest BCUT2D eigenvalue weighted by Crippen LogP contribution is 2.42. The second-order valence-corrected chi connectivity index (χ2v) is 6.86. The van der Waals surface area contributed by atoms with E-state index in [1.165, 1.54) is 18.1 Å². The van der Waals surface area contributed by atoms with Gasteiger partial charge in [0.15, 0.2) is 0 Å². The molecule has 7 heteroatoms. The Morgan fingerprint density at radius 2 is 1.85 bits per heavy atom. The summed E-state index contributed by atoms with van der Waals surface area (Å²) in [6.07, 6.45) is 0. The van der Waals surface area contributed by atoms with Crippen LogP contribution in [0.3, 0.4) is 0 Å². The van der Waals surface area contributed by atoms with E-state index in [4.69, 9.17) is 27.9 Å². The fourth-order valence-corrected chi connectivity index (χ4v) is 3.61. The first kappa shape index (κ1) is 19.4. The number of hydrogen-bond donors (Lipinski definition) is 1. The molecule has 1 amide bonds. The van der Waals surface area contributed by atoms with Crippen LogP contribution in [-0.2, 0) is 14.3 Å². The third-order valence-corrected chi connectivity index (χ3v) is 4.94. The molecule has 2 aromatic carbocycles. The molecule has 5 nitrogen and oxygen atoms in total. The van der Waals surface area contributed by atoms with Crippen LogP contribution >= 0.6 is 23.2 Å². The zero-order valence-electron chi connectivity index (χ0n) is 14.5. The van der Waals surface area contributed by atoms with Crippen LogP contribution in [0.1, 0.15) is 17.2 Å². The highest BCUT2D eigenvalue weighted by Gasteiger charge is 2.46. The van der Waals surface area contributed by atoms with Gasteiger partial charge >= 0.3 is 0 Å². The van der Waals surface area contributed by atoms with Crippen LogP contribution in [0.5, 0.6) is 0 Å². The van der Waals surface area contributed by atoms with Crippen LogP contribution in [0.15, 0.2) is 54.1 Å². The molecule has 140 valence electrons. The standard InChI is InChI=1S/C20H17Cl2NO4/c1-27-10-9-23-17(14-8-7-13(21)11-15(14)22)16(19(25)20(23)26)18(24)12-5-3-2-4-6-12/h2-8,11,17,24H,9-10H2,1H3. The SMILES string of the molecule is COCCN1C(=O)C(=O)C(=C(O)c2ccccc2)C1c1ccc(Cl)cc1Cl. The Balaban J connectivity index is 2.20. The van der Waals surface area contributed by atoms with E-state index < -0.39 is 17.7 Å². The minimum absolute atomic E-state index is 0.00785. The lowest BCUT2D eigenvalue weighted by Crippen LogP contribution is -2.32. The summed E-state index contributed by atoms with van der Waals surface area (Å²) in [5, 5.41) is 11.5. The molecule has 0 aliphatic carbocycles. The van der Waals surface area contributed by atoms with Crippen molar-refractivity contribution in [3.63, 3.8) is 0 Å².